The molecule has 5 heteroatoms. The van der Waals surface area contributed by atoms with Crippen molar-refractivity contribution < 1.29 is 4.79 Å². The number of piperidine rings is 1. The van der Waals surface area contributed by atoms with E-state index in [-0.39, 0.29) is 17.8 Å². The van der Waals surface area contributed by atoms with Gasteiger partial charge >= 0.3 is 0 Å². The highest BCUT2D eigenvalue weighted by atomic mass is 16.2. The van der Waals surface area contributed by atoms with E-state index in [0.717, 1.165) is 13.0 Å². The van der Waals surface area contributed by atoms with Gasteiger partial charge in [-0.15, -0.1) is 0 Å². The zero-order valence-electron chi connectivity index (χ0n) is 10.3. The summed E-state index contributed by atoms with van der Waals surface area (Å²) in [5.41, 5.74) is 5.88. The molecule has 1 aliphatic rings. The summed E-state index contributed by atoms with van der Waals surface area (Å²) in [5, 5.41) is 0. The number of nitrogens with zero attached hydrogens (tertiary/aromatic N) is 3. The summed E-state index contributed by atoms with van der Waals surface area (Å²) in [6.45, 7) is 5.02. The summed E-state index contributed by atoms with van der Waals surface area (Å²) < 4.78 is 0. The van der Waals surface area contributed by atoms with Crippen molar-refractivity contribution in [2.45, 2.75) is 32.7 Å². The van der Waals surface area contributed by atoms with E-state index in [0.29, 0.717) is 11.6 Å². The minimum atomic E-state index is -0.0659. The monoisotopic (exact) mass is 234 g/mol. The minimum absolute atomic E-state index is 0.0659. The molecule has 2 atom stereocenters. The number of nitrogen functional groups attached to an aromatic ring is 1. The first-order valence-electron chi connectivity index (χ1n) is 5.96. The lowest BCUT2D eigenvalue weighted by atomic mass is 9.95. The van der Waals surface area contributed by atoms with Crippen LogP contribution in [0, 0.1) is 5.92 Å². The molecule has 0 saturated carbocycles. The van der Waals surface area contributed by atoms with E-state index in [1.807, 2.05) is 4.90 Å². The Bertz CT molecular complexity index is 421. The van der Waals surface area contributed by atoms with Crippen molar-refractivity contribution in [3.8, 4) is 0 Å². The van der Waals surface area contributed by atoms with Crippen molar-refractivity contribution in [1.29, 1.82) is 0 Å². The molecule has 0 spiro atoms. The van der Waals surface area contributed by atoms with Crippen LogP contribution in [0.4, 0.5) is 5.82 Å². The van der Waals surface area contributed by atoms with Gasteiger partial charge in [-0.3, -0.25) is 9.78 Å². The van der Waals surface area contributed by atoms with Crippen LogP contribution in [0.1, 0.15) is 37.2 Å². The van der Waals surface area contributed by atoms with Gasteiger partial charge in [0.2, 0.25) is 0 Å². The van der Waals surface area contributed by atoms with Gasteiger partial charge in [-0.2, -0.15) is 0 Å². The van der Waals surface area contributed by atoms with Crippen LogP contribution in [-0.2, 0) is 0 Å². The SMILES string of the molecule is CC1CCC(C)N(C(=O)c2cncc(N)n2)C1. The standard InChI is InChI=1S/C12H18N4O/c1-8-3-4-9(2)16(7-8)12(17)10-5-14-6-11(13)15-10/h5-6,8-9H,3-4,7H2,1-2H3,(H2,13,15). The summed E-state index contributed by atoms with van der Waals surface area (Å²) in [5.74, 6) is 0.765. The van der Waals surface area contributed by atoms with E-state index in [1.165, 1.54) is 18.8 Å². The first kappa shape index (κ1) is 11.8. The van der Waals surface area contributed by atoms with E-state index in [4.69, 9.17) is 5.73 Å². The van der Waals surface area contributed by atoms with Crippen molar-refractivity contribution in [2.24, 2.45) is 5.92 Å². The topological polar surface area (TPSA) is 72.1 Å². The first-order chi connectivity index (χ1) is 8.08. The number of amides is 1. The number of rotatable bonds is 1. The lowest BCUT2D eigenvalue weighted by molar-refractivity contribution is 0.0567. The second-order valence-corrected chi connectivity index (χ2v) is 4.82. The Balaban J connectivity index is 2.18. The predicted molar refractivity (Wildman–Crippen MR) is 65.3 cm³/mol. The highest BCUT2D eigenvalue weighted by Crippen LogP contribution is 2.22. The molecule has 5 nitrogen and oxygen atoms in total. The maximum atomic E-state index is 12.3. The third-order valence-electron chi connectivity index (χ3n) is 3.25. The van der Waals surface area contributed by atoms with Gasteiger partial charge in [-0.1, -0.05) is 6.92 Å². The summed E-state index contributed by atoms with van der Waals surface area (Å²) >= 11 is 0. The van der Waals surface area contributed by atoms with E-state index in [2.05, 4.69) is 23.8 Å². The van der Waals surface area contributed by atoms with Crippen molar-refractivity contribution in [1.82, 2.24) is 14.9 Å². The number of carbonyl (C=O) groups excluding carboxylic acids is 1. The molecule has 2 N–H and O–H groups in total. The largest absolute Gasteiger partial charge is 0.382 e. The Morgan fingerprint density at radius 2 is 2.18 bits per heavy atom. The molecule has 2 rings (SSSR count). The van der Waals surface area contributed by atoms with Crippen LogP contribution >= 0.6 is 0 Å². The Kier molecular flexibility index (Phi) is 3.26. The molecule has 1 aliphatic heterocycles. The third kappa shape index (κ3) is 2.54. The fourth-order valence-electron chi connectivity index (χ4n) is 2.20. The lowest BCUT2D eigenvalue weighted by Gasteiger charge is -2.36. The lowest BCUT2D eigenvalue weighted by Crippen LogP contribution is -2.45. The summed E-state index contributed by atoms with van der Waals surface area (Å²) in [4.78, 5) is 22.1. The molecular formula is C12H18N4O. The molecule has 0 aliphatic carbocycles. The van der Waals surface area contributed by atoms with Gasteiger partial charge in [0.15, 0.2) is 0 Å². The maximum Gasteiger partial charge on any atom is 0.274 e. The number of anilines is 1. The number of aromatic nitrogens is 2. The number of nitrogens with two attached hydrogens (primary N) is 1. The van der Waals surface area contributed by atoms with Crippen LogP contribution in [0.25, 0.3) is 0 Å². The highest BCUT2D eigenvalue weighted by Gasteiger charge is 2.28. The molecule has 0 radical (unpaired) electrons. The number of likely N-dealkylation sites (tertiary alicyclic amines) is 1. The predicted octanol–water partition coefficient (Wildman–Crippen LogP) is 1.32. The van der Waals surface area contributed by atoms with Crippen molar-refractivity contribution in [2.75, 3.05) is 12.3 Å². The molecule has 2 unspecified atom stereocenters. The quantitative estimate of drug-likeness (QED) is 0.795. The summed E-state index contributed by atoms with van der Waals surface area (Å²) in [6.07, 6.45) is 5.14. The summed E-state index contributed by atoms with van der Waals surface area (Å²) in [7, 11) is 0. The van der Waals surface area contributed by atoms with Crippen LogP contribution < -0.4 is 5.73 Å². The van der Waals surface area contributed by atoms with E-state index >= 15 is 0 Å². The Labute approximate surface area is 101 Å². The Hall–Kier alpha value is -1.65. The smallest absolute Gasteiger partial charge is 0.274 e. The van der Waals surface area contributed by atoms with Crippen LogP contribution in [0.2, 0.25) is 0 Å². The van der Waals surface area contributed by atoms with E-state index < -0.39 is 0 Å². The van der Waals surface area contributed by atoms with Crippen molar-refractivity contribution >= 4 is 11.7 Å². The Morgan fingerprint density at radius 3 is 2.88 bits per heavy atom. The van der Waals surface area contributed by atoms with Crippen LogP contribution in [0.3, 0.4) is 0 Å². The van der Waals surface area contributed by atoms with Crippen LogP contribution in [0.5, 0.6) is 0 Å². The molecule has 1 saturated heterocycles. The van der Waals surface area contributed by atoms with Gasteiger partial charge in [0.25, 0.3) is 5.91 Å². The molecular weight excluding hydrogens is 216 g/mol. The number of hydrogen-bond acceptors (Lipinski definition) is 4. The fourth-order valence-corrected chi connectivity index (χ4v) is 2.20. The van der Waals surface area contributed by atoms with Gasteiger partial charge in [0.1, 0.15) is 11.5 Å². The molecule has 92 valence electrons. The van der Waals surface area contributed by atoms with E-state index in [9.17, 15) is 4.79 Å². The molecule has 2 heterocycles. The minimum Gasteiger partial charge on any atom is -0.382 e. The zero-order chi connectivity index (χ0) is 12.4. The molecule has 1 aromatic rings. The highest BCUT2D eigenvalue weighted by molar-refractivity contribution is 5.92. The van der Waals surface area contributed by atoms with Gasteiger partial charge in [-0.05, 0) is 25.7 Å². The molecule has 1 aromatic heterocycles. The molecule has 0 aromatic carbocycles. The van der Waals surface area contributed by atoms with E-state index in [1.54, 1.807) is 0 Å². The molecule has 17 heavy (non-hydrogen) atoms. The molecule has 0 bridgehead atoms. The first-order valence-corrected chi connectivity index (χ1v) is 5.96. The number of carbonyl (C=O) groups is 1. The third-order valence-corrected chi connectivity index (χ3v) is 3.25. The van der Waals surface area contributed by atoms with Crippen LogP contribution in [-0.4, -0.2) is 33.4 Å². The van der Waals surface area contributed by atoms with Gasteiger partial charge in [0.05, 0.1) is 12.4 Å². The van der Waals surface area contributed by atoms with Crippen LogP contribution in [0.15, 0.2) is 12.4 Å². The van der Waals surface area contributed by atoms with Gasteiger partial charge in [0, 0.05) is 12.6 Å². The second-order valence-electron chi connectivity index (χ2n) is 4.82. The van der Waals surface area contributed by atoms with Gasteiger partial charge < -0.3 is 10.6 Å². The average molecular weight is 234 g/mol. The van der Waals surface area contributed by atoms with Crippen molar-refractivity contribution in [3.05, 3.63) is 18.1 Å². The Morgan fingerprint density at radius 1 is 1.41 bits per heavy atom. The molecule has 1 fully saturated rings. The number of hydrogen-bond donors (Lipinski definition) is 1. The maximum absolute atomic E-state index is 12.3. The molecule has 1 amide bonds. The second kappa shape index (κ2) is 4.69. The van der Waals surface area contributed by atoms with Crippen molar-refractivity contribution in [3.63, 3.8) is 0 Å². The summed E-state index contributed by atoms with van der Waals surface area (Å²) in [6, 6.07) is 0.266. The fraction of sp³-hybridized carbons (Fsp3) is 0.583. The zero-order valence-corrected chi connectivity index (χ0v) is 10.3. The average Bonchev–Trinajstić information content (AvgIpc) is 2.31. The normalized spacial score (nSPS) is 24.7. The van der Waals surface area contributed by atoms with Gasteiger partial charge in [-0.25, -0.2) is 4.98 Å².